The molecule has 2 aromatic rings. The molecule has 5 heteroatoms. The van der Waals surface area contributed by atoms with Gasteiger partial charge in [-0.2, -0.15) is 20.1 Å². The number of rotatable bonds is 5. The summed E-state index contributed by atoms with van der Waals surface area (Å²) in [4.78, 5) is 0. The maximum absolute atomic E-state index is 12.1. The first-order chi connectivity index (χ1) is 8.65. The van der Waals surface area contributed by atoms with Gasteiger partial charge in [-0.3, -0.25) is 0 Å². The maximum Gasteiger partial charge on any atom is 0.387 e. The van der Waals surface area contributed by atoms with Crippen LogP contribution in [0.5, 0.6) is 5.75 Å². The molecule has 0 radical (unpaired) electrons. The van der Waals surface area contributed by atoms with Crippen LogP contribution in [0.3, 0.4) is 0 Å². The Bertz CT molecular complexity index is 485. The monoisotopic (exact) mass is 270 g/mol. The molecule has 0 saturated carbocycles. The van der Waals surface area contributed by atoms with Crippen molar-refractivity contribution in [2.75, 3.05) is 0 Å². The number of benzene rings is 1. The third kappa shape index (κ3) is 3.51. The van der Waals surface area contributed by atoms with E-state index in [2.05, 4.69) is 4.74 Å². The highest BCUT2D eigenvalue weighted by Crippen LogP contribution is 2.24. The Morgan fingerprint density at radius 3 is 2.78 bits per heavy atom. The number of ether oxygens (including phenoxy) is 1. The van der Waals surface area contributed by atoms with Crippen LogP contribution < -0.4 is 4.74 Å². The van der Waals surface area contributed by atoms with Crippen molar-refractivity contribution in [1.82, 2.24) is 0 Å². The minimum atomic E-state index is -2.85. The van der Waals surface area contributed by atoms with Crippen LogP contribution in [0.25, 0.3) is 0 Å². The quantitative estimate of drug-likeness (QED) is 0.899. The normalized spacial score (nSPS) is 12.7. The number of aliphatic hydroxyl groups is 1. The van der Waals surface area contributed by atoms with Crippen LogP contribution in [0, 0.1) is 0 Å². The molecule has 1 aromatic heterocycles. The lowest BCUT2D eigenvalue weighted by molar-refractivity contribution is -0.0499. The predicted octanol–water partition coefficient (Wildman–Crippen LogP) is 3.63. The Balaban J connectivity index is 2.07. The van der Waals surface area contributed by atoms with Crippen molar-refractivity contribution < 1.29 is 18.6 Å². The largest absolute Gasteiger partial charge is 0.435 e. The number of alkyl halides is 2. The molecule has 0 amide bonds. The summed E-state index contributed by atoms with van der Waals surface area (Å²) < 4.78 is 28.4. The Hall–Kier alpha value is -1.46. The number of hydrogen-bond acceptors (Lipinski definition) is 3. The summed E-state index contributed by atoms with van der Waals surface area (Å²) in [6.45, 7) is -2.85. The summed E-state index contributed by atoms with van der Waals surface area (Å²) in [5, 5.41) is 13.9. The molecule has 0 fully saturated rings. The SMILES string of the molecule is OC(Cc1ccsc1)c1cccc(OC(F)F)c1. The zero-order valence-electron chi connectivity index (χ0n) is 9.42. The van der Waals surface area contributed by atoms with Crippen LogP contribution >= 0.6 is 11.3 Å². The zero-order chi connectivity index (χ0) is 13.0. The molecule has 1 heterocycles. The second-order valence-electron chi connectivity index (χ2n) is 3.80. The molecule has 1 aromatic carbocycles. The van der Waals surface area contributed by atoms with E-state index in [9.17, 15) is 13.9 Å². The fourth-order valence-corrected chi connectivity index (χ4v) is 2.33. The van der Waals surface area contributed by atoms with Gasteiger partial charge in [0.2, 0.25) is 0 Å². The summed E-state index contributed by atoms with van der Waals surface area (Å²) in [6, 6.07) is 8.07. The van der Waals surface area contributed by atoms with Crippen molar-refractivity contribution in [2.24, 2.45) is 0 Å². The van der Waals surface area contributed by atoms with Gasteiger partial charge in [0, 0.05) is 6.42 Å². The molecule has 96 valence electrons. The minimum Gasteiger partial charge on any atom is -0.435 e. The molecule has 0 bridgehead atoms. The molecule has 2 rings (SSSR count). The molecule has 1 atom stereocenters. The molecule has 0 aliphatic rings. The van der Waals surface area contributed by atoms with Crippen LogP contribution in [0.4, 0.5) is 8.78 Å². The Labute approximate surface area is 107 Å². The summed E-state index contributed by atoms with van der Waals surface area (Å²) in [5.74, 6) is 0.0619. The average Bonchev–Trinajstić information content (AvgIpc) is 2.81. The Morgan fingerprint density at radius 1 is 1.28 bits per heavy atom. The van der Waals surface area contributed by atoms with Gasteiger partial charge in [0.1, 0.15) is 5.75 Å². The van der Waals surface area contributed by atoms with Crippen LogP contribution in [0.1, 0.15) is 17.2 Å². The molecule has 1 unspecified atom stereocenters. The molecular weight excluding hydrogens is 258 g/mol. The fraction of sp³-hybridized carbons (Fsp3) is 0.231. The maximum atomic E-state index is 12.1. The van der Waals surface area contributed by atoms with Gasteiger partial charge >= 0.3 is 6.61 Å². The van der Waals surface area contributed by atoms with E-state index in [1.54, 1.807) is 23.5 Å². The lowest BCUT2D eigenvalue weighted by Crippen LogP contribution is -2.04. The van der Waals surface area contributed by atoms with Gasteiger partial charge in [0.15, 0.2) is 0 Å². The van der Waals surface area contributed by atoms with Crippen molar-refractivity contribution in [1.29, 1.82) is 0 Å². The second kappa shape index (κ2) is 5.93. The summed E-state index contributed by atoms with van der Waals surface area (Å²) in [6.07, 6.45) is -0.262. The van der Waals surface area contributed by atoms with Crippen LogP contribution in [-0.2, 0) is 6.42 Å². The molecule has 1 N–H and O–H groups in total. The van der Waals surface area contributed by atoms with Crippen LogP contribution in [-0.4, -0.2) is 11.7 Å². The van der Waals surface area contributed by atoms with E-state index in [0.29, 0.717) is 12.0 Å². The van der Waals surface area contributed by atoms with Gasteiger partial charge in [-0.15, -0.1) is 0 Å². The topological polar surface area (TPSA) is 29.5 Å². The van der Waals surface area contributed by atoms with Crippen molar-refractivity contribution in [3.8, 4) is 5.75 Å². The highest BCUT2D eigenvalue weighted by molar-refractivity contribution is 7.07. The smallest absolute Gasteiger partial charge is 0.387 e. The molecular formula is C13H12F2O2S. The first-order valence-corrected chi connectivity index (χ1v) is 6.33. The number of aliphatic hydroxyl groups excluding tert-OH is 1. The number of thiophene rings is 1. The summed E-state index contributed by atoms with van der Waals surface area (Å²) in [5.41, 5.74) is 1.59. The van der Waals surface area contributed by atoms with Gasteiger partial charge in [-0.1, -0.05) is 12.1 Å². The van der Waals surface area contributed by atoms with E-state index < -0.39 is 12.7 Å². The lowest BCUT2D eigenvalue weighted by Gasteiger charge is -2.12. The molecule has 0 aliphatic heterocycles. The first kappa shape index (κ1) is 13.0. The number of hydrogen-bond donors (Lipinski definition) is 1. The minimum absolute atomic E-state index is 0.0619. The number of halogens is 2. The highest BCUT2D eigenvalue weighted by atomic mass is 32.1. The van der Waals surface area contributed by atoms with Crippen LogP contribution in [0.2, 0.25) is 0 Å². The molecule has 0 spiro atoms. The second-order valence-corrected chi connectivity index (χ2v) is 4.58. The van der Waals surface area contributed by atoms with Crippen molar-refractivity contribution in [2.45, 2.75) is 19.1 Å². The van der Waals surface area contributed by atoms with Gasteiger partial charge < -0.3 is 9.84 Å². The van der Waals surface area contributed by atoms with Crippen molar-refractivity contribution in [3.05, 3.63) is 52.2 Å². The van der Waals surface area contributed by atoms with Gasteiger partial charge in [0.25, 0.3) is 0 Å². The molecule has 0 aliphatic carbocycles. The van der Waals surface area contributed by atoms with Gasteiger partial charge in [0.05, 0.1) is 6.10 Å². The first-order valence-electron chi connectivity index (χ1n) is 5.39. The van der Waals surface area contributed by atoms with Crippen molar-refractivity contribution >= 4 is 11.3 Å². The molecule has 2 nitrogen and oxygen atoms in total. The summed E-state index contributed by atoms with van der Waals surface area (Å²) in [7, 11) is 0. The van der Waals surface area contributed by atoms with Gasteiger partial charge in [-0.25, -0.2) is 0 Å². The molecule has 18 heavy (non-hydrogen) atoms. The standard InChI is InChI=1S/C13H12F2O2S/c14-13(15)17-11-3-1-2-10(7-11)12(16)6-9-4-5-18-8-9/h1-5,7-8,12-13,16H,6H2. The van der Waals surface area contributed by atoms with E-state index in [0.717, 1.165) is 5.56 Å². The average molecular weight is 270 g/mol. The zero-order valence-corrected chi connectivity index (χ0v) is 10.2. The van der Waals surface area contributed by atoms with E-state index >= 15 is 0 Å². The molecule has 0 saturated heterocycles. The Kier molecular flexibility index (Phi) is 4.28. The van der Waals surface area contributed by atoms with E-state index in [1.807, 2.05) is 16.8 Å². The van der Waals surface area contributed by atoms with E-state index in [4.69, 9.17) is 0 Å². The van der Waals surface area contributed by atoms with Crippen LogP contribution in [0.15, 0.2) is 41.1 Å². The third-order valence-electron chi connectivity index (χ3n) is 2.48. The third-order valence-corrected chi connectivity index (χ3v) is 3.21. The van der Waals surface area contributed by atoms with E-state index in [1.165, 1.54) is 12.1 Å². The predicted molar refractivity (Wildman–Crippen MR) is 66.1 cm³/mol. The van der Waals surface area contributed by atoms with E-state index in [-0.39, 0.29) is 5.75 Å². The highest BCUT2D eigenvalue weighted by Gasteiger charge is 2.11. The fourth-order valence-electron chi connectivity index (χ4n) is 1.65. The Morgan fingerprint density at radius 2 is 2.11 bits per heavy atom. The summed E-state index contributed by atoms with van der Waals surface area (Å²) >= 11 is 1.55. The lowest BCUT2D eigenvalue weighted by atomic mass is 10.0. The van der Waals surface area contributed by atoms with Crippen molar-refractivity contribution in [3.63, 3.8) is 0 Å². The van der Waals surface area contributed by atoms with Gasteiger partial charge in [-0.05, 0) is 40.1 Å².